The number of anilines is 1. The van der Waals surface area contributed by atoms with Crippen LogP contribution in [0.25, 0.3) is 11.1 Å². The SMILES string of the molecule is Cc1cc(N(C)C)ccc1C(C)(C)CC1c2ccccc2-c2ccccc21. The molecule has 0 spiro atoms. The predicted molar refractivity (Wildman–Crippen MR) is 117 cm³/mol. The van der Waals surface area contributed by atoms with Crippen LogP contribution in [0.1, 0.15) is 48.4 Å². The highest BCUT2D eigenvalue weighted by Crippen LogP contribution is 2.49. The molecule has 0 heterocycles. The first-order chi connectivity index (χ1) is 12.9. The van der Waals surface area contributed by atoms with Crippen molar-refractivity contribution >= 4 is 5.69 Å². The van der Waals surface area contributed by atoms with Gasteiger partial charge in [0.05, 0.1) is 0 Å². The van der Waals surface area contributed by atoms with Gasteiger partial charge in [0.15, 0.2) is 0 Å². The number of fused-ring (bicyclic) bond motifs is 3. The summed E-state index contributed by atoms with van der Waals surface area (Å²) in [6.45, 7) is 7.04. The summed E-state index contributed by atoms with van der Waals surface area (Å²) in [5.41, 5.74) is 9.99. The number of hydrogen-bond acceptors (Lipinski definition) is 1. The maximum absolute atomic E-state index is 2.40. The Balaban J connectivity index is 1.73. The van der Waals surface area contributed by atoms with Gasteiger partial charge in [-0.1, -0.05) is 68.4 Å². The maximum Gasteiger partial charge on any atom is 0.0363 e. The summed E-state index contributed by atoms with van der Waals surface area (Å²) in [7, 11) is 4.21. The van der Waals surface area contributed by atoms with Gasteiger partial charge in [-0.3, -0.25) is 0 Å². The maximum atomic E-state index is 2.40. The monoisotopic (exact) mass is 355 g/mol. The topological polar surface area (TPSA) is 3.24 Å². The summed E-state index contributed by atoms with van der Waals surface area (Å²) < 4.78 is 0. The lowest BCUT2D eigenvalue weighted by atomic mass is 9.73. The zero-order chi connectivity index (χ0) is 19.2. The van der Waals surface area contributed by atoms with Crippen molar-refractivity contribution in [3.8, 4) is 11.1 Å². The van der Waals surface area contributed by atoms with E-state index in [4.69, 9.17) is 0 Å². The molecule has 0 amide bonds. The molecule has 0 saturated heterocycles. The fraction of sp³-hybridized carbons (Fsp3) is 0.308. The Kier molecular flexibility index (Phi) is 4.34. The molecule has 4 rings (SSSR count). The summed E-state index contributed by atoms with van der Waals surface area (Å²) in [5, 5.41) is 0. The molecule has 3 aromatic rings. The van der Waals surface area contributed by atoms with Gasteiger partial charge >= 0.3 is 0 Å². The van der Waals surface area contributed by atoms with Crippen LogP contribution in [0.3, 0.4) is 0 Å². The van der Waals surface area contributed by atoms with E-state index in [2.05, 4.69) is 106 Å². The van der Waals surface area contributed by atoms with Crippen LogP contribution in [0.5, 0.6) is 0 Å². The van der Waals surface area contributed by atoms with E-state index in [1.165, 1.54) is 39.1 Å². The number of rotatable bonds is 4. The summed E-state index contributed by atoms with van der Waals surface area (Å²) in [5.74, 6) is 0.459. The lowest BCUT2D eigenvalue weighted by Gasteiger charge is -2.31. The molecule has 1 aliphatic carbocycles. The van der Waals surface area contributed by atoms with Crippen molar-refractivity contribution in [3.05, 3.63) is 89.0 Å². The molecule has 3 aromatic carbocycles. The van der Waals surface area contributed by atoms with Gasteiger partial charge in [-0.2, -0.15) is 0 Å². The van der Waals surface area contributed by atoms with E-state index in [0.29, 0.717) is 5.92 Å². The van der Waals surface area contributed by atoms with E-state index in [-0.39, 0.29) is 5.41 Å². The van der Waals surface area contributed by atoms with Crippen molar-refractivity contribution in [2.24, 2.45) is 0 Å². The largest absolute Gasteiger partial charge is 0.378 e. The van der Waals surface area contributed by atoms with Crippen LogP contribution in [0.4, 0.5) is 5.69 Å². The molecule has 0 N–H and O–H groups in total. The van der Waals surface area contributed by atoms with E-state index in [0.717, 1.165) is 6.42 Å². The van der Waals surface area contributed by atoms with E-state index in [9.17, 15) is 0 Å². The summed E-state index contributed by atoms with van der Waals surface area (Å²) in [4.78, 5) is 2.17. The van der Waals surface area contributed by atoms with E-state index >= 15 is 0 Å². The molecule has 0 aromatic heterocycles. The van der Waals surface area contributed by atoms with Crippen molar-refractivity contribution < 1.29 is 0 Å². The zero-order valence-electron chi connectivity index (χ0n) is 17.1. The van der Waals surface area contributed by atoms with E-state index in [1.807, 2.05) is 0 Å². The van der Waals surface area contributed by atoms with E-state index < -0.39 is 0 Å². The molecule has 0 atom stereocenters. The molecule has 0 saturated carbocycles. The van der Waals surface area contributed by atoms with Crippen LogP contribution in [0.15, 0.2) is 66.7 Å². The third kappa shape index (κ3) is 3.06. The highest BCUT2D eigenvalue weighted by atomic mass is 15.1. The van der Waals surface area contributed by atoms with Crippen molar-refractivity contribution in [1.29, 1.82) is 0 Å². The predicted octanol–water partition coefficient (Wildman–Crippen LogP) is 6.54. The van der Waals surface area contributed by atoms with Crippen LogP contribution in [0.2, 0.25) is 0 Å². The van der Waals surface area contributed by atoms with Crippen molar-refractivity contribution in [3.63, 3.8) is 0 Å². The average Bonchev–Trinajstić information content (AvgIpc) is 2.95. The number of nitrogens with zero attached hydrogens (tertiary/aromatic N) is 1. The van der Waals surface area contributed by atoms with Crippen molar-refractivity contribution in [2.75, 3.05) is 19.0 Å². The quantitative estimate of drug-likeness (QED) is 0.513. The minimum Gasteiger partial charge on any atom is -0.378 e. The van der Waals surface area contributed by atoms with Gasteiger partial charge in [-0.25, -0.2) is 0 Å². The first kappa shape index (κ1) is 17.9. The summed E-state index contributed by atoms with van der Waals surface area (Å²) >= 11 is 0. The second-order valence-corrected chi connectivity index (χ2v) is 8.71. The first-order valence-electron chi connectivity index (χ1n) is 9.85. The molecule has 138 valence electrons. The van der Waals surface area contributed by atoms with Crippen LogP contribution < -0.4 is 4.90 Å². The van der Waals surface area contributed by atoms with Gasteiger partial charge in [0.25, 0.3) is 0 Å². The minimum atomic E-state index is 0.101. The molecule has 27 heavy (non-hydrogen) atoms. The molecular formula is C26H29N. The molecule has 0 radical (unpaired) electrons. The van der Waals surface area contributed by atoms with Crippen LogP contribution in [-0.4, -0.2) is 14.1 Å². The Labute approximate surface area is 163 Å². The molecule has 0 bridgehead atoms. The third-order valence-corrected chi connectivity index (χ3v) is 6.13. The lowest BCUT2D eigenvalue weighted by molar-refractivity contribution is 0.451. The van der Waals surface area contributed by atoms with Gasteiger partial charge < -0.3 is 4.90 Å². The Morgan fingerprint density at radius 1 is 0.815 bits per heavy atom. The Morgan fingerprint density at radius 2 is 1.37 bits per heavy atom. The average molecular weight is 356 g/mol. The fourth-order valence-corrected chi connectivity index (χ4v) is 4.79. The molecule has 0 unspecified atom stereocenters. The van der Waals surface area contributed by atoms with Gasteiger partial charge in [0, 0.05) is 25.7 Å². The van der Waals surface area contributed by atoms with Crippen molar-refractivity contribution in [1.82, 2.24) is 0 Å². The Bertz CT molecular complexity index is 936. The molecule has 0 aliphatic heterocycles. The smallest absolute Gasteiger partial charge is 0.0363 e. The zero-order valence-corrected chi connectivity index (χ0v) is 17.1. The number of hydrogen-bond donors (Lipinski definition) is 0. The van der Waals surface area contributed by atoms with Gasteiger partial charge in [-0.15, -0.1) is 0 Å². The van der Waals surface area contributed by atoms with Gasteiger partial charge in [-0.05, 0) is 64.3 Å². The molecule has 1 aliphatic rings. The molecular weight excluding hydrogens is 326 g/mol. The highest BCUT2D eigenvalue weighted by Gasteiger charge is 2.34. The Hall–Kier alpha value is -2.54. The fourth-order valence-electron chi connectivity index (χ4n) is 4.79. The van der Waals surface area contributed by atoms with Crippen LogP contribution in [0, 0.1) is 6.92 Å². The summed E-state index contributed by atoms with van der Waals surface area (Å²) in [6.07, 6.45) is 1.11. The standard InChI is InChI=1S/C26H29N/c1-18-16-19(27(4)5)14-15-25(18)26(2,3)17-24-22-12-8-6-10-20(22)21-11-7-9-13-23(21)24/h6-16,24H,17H2,1-5H3. The molecule has 1 nitrogen and oxygen atoms in total. The molecule has 1 heteroatoms. The second-order valence-electron chi connectivity index (χ2n) is 8.71. The van der Waals surface area contributed by atoms with Crippen LogP contribution >= 0.6 is 0 Å². The third-order valence-electron chi connectivity index (χ3n) is 6.13. The van der Waals surface area contributed by atoms with Crippen molar-refractivity contribution in [2.45, 2.75) is 38.5 Å². The minimum absolute atomic E-state index is 0.101. The first-order valence-corrected chi connectivity index (χ1v) is 9.85. The highest BCUT2D eigenvalue weighted by molar-refractivity contribution is 5.78. The normalized spacial score (nSPS) is 13.4. The lowest BCUT2D eigenvalue weighted by Crippen LogP contribution is -2.22. The molecule has 0 fully saturated rings. The Morgan fingerprint density at radius 3 is 1.89 bits per heavy atom. The summed E-state index contributed by atoms with van der Waals surface area (Å²) in [6, 6.07) is 24.8. The number of benzene rings is 3. The van der Waals surface area contributed by atoms with E-state index in [1.54, 1.807) is 0 Å². The second kappa shape index (κ2) is 6.56. The van der Waals surface area contributed by atoms with Gasteiger partial charge in [0.1, 0.15) is 0 Å². The number of aryl methyl sites for hydroxylation is 1. The van der Waals surface area contributed by atoms with Gasteiger partial charge in [0.2, 0.25) is 0 Å². The van der Waals surface area contributed by atoms with Crippen LogP contribution in [-0.2, 0) is 5.41 Å².